The van der Waals surface area contributed by atoms with Gasteiger partial charge in [0.15, 0.2) is 5.82 Å². The van der Waals surface area contributed by atoms with E-state index in [1.54, 1.807) is 12.4 Å². The number of hydrogen-bond donors (Lipinski definition) is 2. The molecule has 2 aromatic carbocycles. The topological polar surface area (TPSA) is 83.3 Å². The van der Waals surface area contributed by atoms with Gasteiger partial charge in [0.2, 0.25) is 5.95 Å². The number of benzene rings is 2. The average molecular weight is 441 g/mol. The summed E-state index contributed by atoms with van der Waals surface area (Å²) in [4.78, 5) is 16.1. The van der Waals surface area contributed by atoms with Crippen LogP contribution in [-0.4, -0.2) is 56.8 Å². The van der Waals surface area contributed by atoms with Crippen molar-refractivity contribution in [1.29, 1.82) is 0 Å². The zero-order chi connectivity index (χ0) is 22.5. The van der Waals surface area contributed by atoms with Crippen molar-refractivity contribution in [2.24, 2.45) is 5.10 Å². The van der Waals surface area contributed by atoms with E-state index in [0.29, 0.717) is 12.0 Å². The first kappa shape index (κ1) is 21.1. The molecule has 5 rings (SSSR count). The van der Waals surface area contributed by atoms with Crippen LogP contribution in [0.4, 0.5) is 11.8 Å². The van der Waals surface area contributed by atoms with Gasteiger partial charge in [0.1, 0.15) is 5.82 Å². The van der Waals surface area contributed by atoms with Gasteiger partial charge < -0.3 is 14.8 Å². The molecule has 1 saturated heterocycles. The highest BCUT2D eigenvalue weighted by atomic mass is 15.4. The van der Waals surface area contributed by atoms with Crippen LogP contribution in [0.25, 0.3) is 10.9 Å². The van der Waals surface area contributed by atoms with Crippen molar-refractivity contribution in [2.45, 2.75) is 25.4 Å². The number of nitrogens with zero attached hydrogens (tertiary/aromatic N) is 6. The van der Waals surface area contributed by atoms with Gasteiger partial charge in [0.25, 0.3) is 0 Å². The Kier molecular flexibility index (Phi) is 6.25. The molecule has 3 heterocycles. The molecule has 2 aromatic heterocycles. The molecule has 0 atom stereocenters. The molecule has 4 aromatic rings. The molecule has 0 radical (unpaired) electrons. The van der Waals surface area contributed by atoms with Gasteiger partial charge in [0.05, 0.1) is 11.7 Å². The van der Waals surface area contributed by atoms with Crippen LogP contribution >= 0.6 is 0 Å². The van der Waals surface area contributed by atoms with Gasteiger partial charge in [-0.3, -0.25) is 0 Å². The summed E-state index contributed by atoms with van der Waals surface area (Å²) >= 11 is 0. The Balaban J connectivity index is 1.32. The van der Waals surface area contributed by atoms with Crippen molar-refractivity contribution in [3.8, 4) is 0 Å². The van der Waals surface area contributed by atoms with Crippen LogP contribution in [0.2, 0.25) is 0 Å². The minimum absolute atomic E-state index is 0.404. The summed E-state index contributed by atoms with van der Waals surface area (Å²) in [7, 11) is 2.17. The number of fused-ring (bicyclic) bond motifs is 1. The standard InChI is InChI=1S/C25H28N8/c1-32-14-11-20(12-15-32)28-24-21-9-5-6-10-22(21)29-25(30-24)31-27-17-23-26-13-16-33(23)18-19-7-3-2-4-8-19/h2-10,13,16-17,20H,11-12,14-15,18H2,1H3,(H2,28,29,30,31)/b27-17+. The summed E-state index contributed by atoms with van der Waals surface area (Å²) in [6.45, 7) is 2.91. The zero-order valence-electron chi connectivity index (χ0n) is 18.7. The van der Waals surface area contributed by atoms with E-state index < -0.39 is 0 Å². The number of rotatable bonds is 7. The first-order valence-electron chi connectivity index (χ1n) is 11.3. The van der Waals surface area contributed by atoms with Gasteiger partial charge in [-0.05, 0) is 50.7 Å². The van der Waals surface area contributed by atoms with Crippen molar-refractivity contribution < 1.29 is 0 Å². The van der Waals surface area contributed by atoms with Gasteiger partial charge in [0, 0.05) is 30.4 Å². The van der Waals surface area contributed by atoms with Crippen LogP contribution in [0.1, 0.15) is 24.2 Å². The number of hydrogen-bond acceptors (Lipinski definition) is 7. The Morgan fingerprint density at radius 3 is 2.67 bits per heavy atom. The molecule has 0 saturated carbocycles. The summed E-state index contributed by atoms with van der Waals surface area (Å²) in [5.74, 6) is 2.07. The highest BCUT2D eigenvalue weighted by Crippen LogP contribution is 2.24. The Bertz CT molecular complexity index is 1230. The molecule has 1 aliphatic rings. The minimum atomic E-state index is 0.404. The Hall–Kier alpha value is -3.78. The number of para-hydroxylation sites is 1. The van der Waals surface area contributed by atoms with E-state index in [4.69, 9.17) is 4.98 Å². The summed E-state index contributed by atoms with van der Waals surface area (Å²) in [6.07, 6.45) is 7.62. The van der Waals surface area contributed by atoms with Crippen LogP contribution in [-0.2, 0) is 6.54 Å². The number of aromatic nitrogens is 4. The van der Waals surface area contributed by atoms with Crippen LogP contribution < -0.4 is 10.7 Å². The molecule has 0 bridgehead atoms. The lowest BCUT2D eigenvalue weighted by Gasteiger charge is -2.30. The fourth-order valence-electron chi connectivity index (χ4n) is 4.09. The number of nitrogens with one attached hydrogen (secondary N) is 2. The maximum Gasteiger partial charge on any atom is 0.246 e. The number of hydrazone groups is 1. The van der Waals surface area contributed by atoms with Crippen molar-refractivity contribution in [3.63, 3.8) is 0 Å². The Morgan fingerprint density at radius 1 is 1.03 bits per heavy atom. The average Bonchev–Trinajstić information content (AvgIpc) is 3.28. The van der Waals surface area contributed by atoms with Gasteiger partial charge in [-0.15, -0.1) is 0 Å². The molecule has 1 aliphatic heterocycles. The second-order valence-electron chi connectivity index (χ2n) is 8.40. The quantitative estimate of drug-likeness (QED) is 0.336. The fraction of sp³-hybridized carbons (Fsp3) is 0.280. The molecule has 1 fully saturated rings. The lowest BCUT2D eigenvalue weighted by molar-refractivity contribution is 0.264. The lowest BCUT2D eigenvalue weighted by atomic mass is 10.1. The molecule has 168 valence electrons. The highest BCUT2D eigenvalue weighted by Gasteiger charge is 2.18. The van der Waals surface area contributed by atoms with Crippen LogP contribution in [0.5, 0.6) is 0 Å². The van der Waals surface area contributed by atoms with E-state index >= 15 is 0 Å². The van der Waals surface area contributed by atoms with E-state index in [9.17, 15) is 0 Å². The van der Waals surface area contributed by atoms with E-state index in [1.165, 1.54) is 5.56 Å². The predicted molar refractivity (Wildman–Crippen MR) is 133 cm³/mol. The highest BCUT2D eigenvalue weighted by molar-refractivity contribution is 5.90. The molecule has 2 N–H and O–H groups in total. The van der Waals surface area contributed by atoms with Crippen LogP contribution in [0.3, 0.4) is 0 Å². The van der Waals surface area contributed by atoms with E-state index in [1.807, 2.05) is 42.6 Å². The molecule has 0 spiro atoms. The van der Waals surface area contributed by atoms with E-state index in [2.05, 4.69) is 60.5 Å². The SMILES string of the molecule is CN1CCC(Nc2nc(N/N=C/c3nccn3Cc3ccccc3)nc3ccccc23)CC1. The second-order valence-corrected chi connectivity index (χ2v) is 8.40. The van der Waals surface area contributed by atoms with Crippen LogP contribution in [0.15, 0.2) is 72.1 Å². The normalized spacial score (nSPS) is 15.3. The molecule has 0 unspecified atom stereocenters. The van der Waals surface area contributed by atoms with Gasteiger partial charge >= 0.3 is 0 Å². The van der Waals surface area contributed by atoms with E-state index in [-0.39, 0.29) is 0 Å². The maximum atomic E-state index is 4.74. The molecule has 33 heavy (non-hydrogen) atoms. The molecule has 0 aliphatic carbocycles. The number of piperidine rings is 1. The molecular weight excluding hydrogens is 412 g/mol. The first-order chi connectivity index (χ1) is 16.2. The zero-order valence-corrected chi connectivity index (χ0v) is 18.7. The van der Waals surface area contributed by atoms with Crippen LogP contribution in [0, 0.1) is 0 Å². The monoisotopic (exact) mass is 440 g/mol. The van der Waals surface area contributed by atoms with Crippen molar-refractivity contribution >= 4 is 28.9 Å². The van der Waals surface area contributed by atoms with Gasteiger partial charge in [-0.2, -0.15) is 10.1 Å². The largest absolute Gasteiger partial charge is 0.367 e. The summed E-state index contributed by atoms with van der Waals surface area (Å²) in [5, 5.41) is 9.03. The van der Waals surface area contributed by atoms with E-state index in [0.717, 1.165) is 55.0 Å². The number of likely N-dealkylation sites (tertiary alicyclic amines) is 1. The fourth-order valence-corrected chi connectivity index (χ4v) is 4.09. The third-order valence-electron chi connectivity index (χ3n) is 5.95. The minimum Gasteiger partial charge on any atom is -0.367 e. The lowest BCUT2D eigenvalue weighted by Crippen LogP contribution is -2.37. The smallest absolute Gasteiger partial charge is 0.246 e. The predicted octanol–water partition coefficient (Wildman–Crippen LogP) is 3.83. The summed E-state index contributed by atoms with van der Waals surface area (Å²) in [6, 6.07) is 18.8. The number of anilines is 2. The molecule has 0 amide bonds. The van der Waals surface area contributed by atoms with Gasteiger partial charge in [-0.1, -0.05) is 42.5 Å². The maximum absolute atomic E-state index is 4.74. The molecule has 8 heteroatoms. The van der Waals surface area contributed by atoms with Crippen molar-refractivity contribution in [2.75, 3.05) is 30.9 Å². The molecule has 8 nitrogen and oxygen atoms in total. The second kappa shape index (κ2) is 9.79. The van der Waals surface area contributed by atoms with Crippen molar-refractivity contribution in [1.82, 2.24) is 24.4 Å². The summed E-state index contributed by atoms with van der Waals surface area (Å²) < 4.78 is 2.05. The first-order valence-corrected chi connectivity index (χ1v) is 11.3. The molecular formula is C25H28N8. The number of imidazole rings is 1. The third-order valence-corrected chi connectivity index (χ3v) is 5.95. The summed E-state index contributed by atoms with van der Waals surface area (Å²) in [5.41, 5.74) is 5.09. The Morgan fingerprint density at radius 2 is 1.82 bits per heavy atom. The Labute approximate surface area is 193 Å². The third kappa shape index (κ3) is 5.18. The van der Waals surface area contributed by atoms with Gasteiger partial charge in [-0.25, -0.2) is 15.4 Å². The van der Waals surface area contributed by atoms with Crippen molar-refractivity contribution in [3.05, 3.63) is 78.4 Å².